The minimum absolute atomic E-state index is 0.0282. The lowest BCUT2D eigenvalue weighted by molar-refractivity contribution is -0.120. The number of carbonyl (C=O) groups is 1. The molecule has 2 aromatic rings. The lowest BCUT2D eigenvalue weighted by atomic mass is 9.97. The smallest absolute Gasteiger partial charge is 0.243 e. The van der Waals surface area contributed by atoms with Gasteiger partial charge in [-0.2, -0.15) is 4.31 Å². The monoisotopic (exact) mass is 428 g/mol. The van der Waals surface area contributed by atoms with E-state index in [-0.39, 0.29) is 11.8 Å². The van der Waals surface area contributed by atoms with Crippen LogP contribution in [0.2, 0.25) is 0 Å². The summed E-state index contributed by atoms with van der Waals surface area (Å²) in [5.41, 5.74) is 6.54. The molecular formula is C24H32N2O3S. The third-order valence-corrected chi connectivity index (χ3v) is 8.54. The van der Waals surface area contributed by atoms with Crippen molar-refractivity contribution in [2.75, 3.05) is 18.4 Å². The van der Waals surface area contributed by atoms with E-state index in [0.717, 1.165) is 39.1 Å². The molecule has 1 aliphatic heterocycles. The largest absolute Gasteiger partial charge is 0.326 e. The molecule has 1 fully saturated rings. The number of hydrogen-bond donors (Lipinski definition) is 1. The van der Waals surface area contributed by atoms with E-state index >= 15 is 0 Å². The van der Waals surface area contributed by atoms with Crippen LogP contribution in [-0.2, 0) is 14.8 Å². The molecule has 1 N–H and O–H groups in total. The molecule has 0 aromatic heterocycles. The third-order valence-electron chi connectivity index (χ3n) is 6.37. The van der Waals surface area contributed by atoms with Gasteiger partial charge in [-0.1, -0.05) is 18.2 Å². The minimum atomic E-state index is -3.59. The van der Waals surface area contributed by atoms with Gasteiger partial charge < -0.3 is 5.32 Å². The average molecular weight is 429 g/mol. The van der Waals surface area contributed by atoms with Crippen LogP contribution >= 0.6 is 0 Å². The SMILES string of the molecule is Cc1ccc(C)c(NC(=O)C2CCN(S(=O)(=O)c3c(C)c(C)cc(C)c3C)CC2)c1. The zero-order chi connectivity index (χ0) is 22.2. The highest BCUT2D eigenvalue weighted by Crippen LogP contribution is 2.31. The number of benzene rings is 2. The van der Waals surface area contributed by atoms with Crippen LogP contribution in [0.25, 0.3) is 0 Å². The Balaban J connectivity index is 1.74. The molecule has 1 saturated heterocycles. The molecule has 1 heterocycles. The molecule has 1 aliphatic rings. The summed E-state index contributed by atoms with van der Waals surface area (Å²) in [7, 11) is -3.59. The summed E-state index contributed by atoms with van der Waals surface area (Å²) in [6.45, 7) is 12.3. The van der Waals surface area contributed by atoms with Gasteiger partial charge in [0.2, 0.25) is 15.9 Å². The van der Waals surface area contributed by atoms with Gasteiger partial charge in [-0.05, 0) is 93.8 Å². The van der Waals surface area contributed by atoms with E-state index in [0.29, 0.717) is 30.8 Å². The maximum atomic E-state index is 13.4. The fourth-order valence-electron chi connectivity index (χ4n) is 4.16. The molecule has 162 valence electrons. The second-order valence-corrected chi connectivity index (χ2v) is 10.5. The molecule has 1 amide bonds. The standard InChI is InChI=1S/C24H32N2O3S/c1-15-7-8-16(2)22(13-15)25-24(27)21-9-11-26(12-10-21)30(28,29)23-19(5)17(3)14-18(4)20(23)6/h7-8,13-14,21H,9-12H2,1-6H3,(H,25,27). The number of anilines is 1. The fourth-order valence-corrected chi connectivity index (χ4v) is 6.21. The summed E-state index contributed by atoms with van der Waals surface area (Å²) in [5.74, 6) is -0.211. The zero-order valence-electron chi connectivity index (χ0n) is 18.8. The number of hydrogen-bond acceptors (Lipinski definition) is 3. The van der Waals surface area contributed by atoms with Gasteiger partial charge in [0, 0.05) is 24.7 Å². The molecule has 2 aromatic carbocycles. The van der Waals surface area contributed by atoms with Gasteiger partial charge in [-0.25, -0.2) is 8.42 Å². The van der Waals surface area contributed by atoms with Gasteiger partial charge in [0.05, 0.1) is 4.90 Å². The van der Waals surface area contributed by atoms with E-state index in [1.165, 1.54) is 0 Å². The third kappa shape index (κ3) is 4.30. The highest BCUT2D eigenvalue weighted by Gasteiger charge is 2.34. The van der Waals surface area contributed by atoms with Gasteiger partial charge in [0.15, 0.2) is 0 Å². The molecule has 3 rings (SSSR count). The van der Waals surface area contributed by atoms with Crippen LogP contribution in [0.3, 0.4) is 0 Å². The quantitative estimate of drug-likeness (QED) is 0.775. The van der Waals surface area contributed by atoms with E-state index in [1.807, 2.05) is 65.8 Å². The molecule has 0 bridgehead atoms. The summed E-state index contributed by atoms with van der Waals surface area (Å²) >= 11 is 0. The Morgan fingerprint density at radius 2 is 1.47 bits per heavy atom. The minimum Gasteiger partial charge on any atom is -0.326 e. The van der Waals surface area contributed by atoms with E-state index in [9.17, 15) is 13.2 Å². The number of nitrogens with zero attached hydrogens (tertiary/aromatic N) is 1. The Bertz CT molecular complexity index is 1060. The first-order valence-electron chi connectivity index (χ1n) is 10.5. The van der Waals surface area contributed by atoms with Gasteiger partial charge in [-0.3, -0.25) is 4.79 Å². The maximum absolute atomic E-state index is 13.4. The van der Waals surface area contributed by atoms with Crippen molar-refractivity contribution in [3.05, 3.63) is 57.6 Å². The first kappa shape index (κ1) is 22.5. The Labute approximate surface area is 180 Å². The molecule has 0 spiro atoms. The lowest BCUT2D eigenvalue weighted by Gasteiger charge is -2.32. The normalized spacial score (nSPS) is 15.9. The number of amides is 1. The highest BCUT2D eigenvalue weighted by atomic mass is 32.2. The fraction of sp³-hybridized carbons (Fsp3) is 0.458. The predicted octanol–water partition coefficient (Wildman–Crippen LogP) is 4.58. The molecule has 6 heteroatoms. The number of carbonyl (C=O) groups excluding carboxylic acids is 1. The van der Waals surface area contributed by atoms with Crippen LogP contribution in [0.4, 0.5) is 5.69 Å². The Kier molecular flexibility index (Phi) is 6.39. The van der Waals surface area contributed by atoms with Crippen LogP contribution < -0.4 is 5.32 Å². The average Bonchev–Trinajstić information content (AvgIpc) is 2.69. The summed E-state index contributed by atoms with van der Waals surface area (Å²) in [6.07, 6.45) is 1.05. The topological polar surface area (TPSA) is 66.5 Å². The van der Waals surface area contributed by atoms with Crippen molar-refractivity contribution in [3.8, 4) is 0 Å². The Morgan fingerprint density at radius 1 is 0.900 bits per heavy atom. The van der Waals surface area contributed by atoms with Crippen LogP contribution in [0.15, 0.2) is 29.2 Å². The van der Waals surface area contributed by atoms with E-state index in [1.54, 1.807) is 4.31 Å². The predicted molar refractivity (Wildman–Crippen MR) is 121 cm³/mol. The summed E-state index contributed by atoms with van der Waals surface area (Å²) in [6, 6.07) is 8.02. The molecule has 0 unspecified atom stereocenters. The van der Waals surface area contributed by atoms with Crippen molar-refractivity contribution in [2.45, 2.75) is 59.3 Å². The molecule has 0 radical (unpaired) electrons. The Hall–Kier alpha value is -2.18. The van der Waals surface area contributed by atoms with Crippen LogP contribution in [0.1, 0.15) is 46.2 Å². The number of aryl methyl sites for hydroxylation is 4. The maximum Gasteiger partial charge on any atom is 0.243 e. The van der Waals surface area contributed by atoms with Gasteiger partial charge >= 0.3 is 0 Å². The molecule has 30 heavy (non-hydrogen) atoms. The second kappa shape index (κ2) is 8.52. The summed E-state index contributed by atoms with van der Waals surface area (Å²) in [4.78, 5) is 13.2. The van der Waals surface area contributed by atoms with Crippen LogP contribution in [0.5, 0.6) is 0 Å². The van der Waals surface area contributed by atoms with Crippen LogP contribution in [0, 0.1) is 47.5 Å². The first-order chi connectivity index (χ1) is 14.0. The Morgan fingerprint density at radius 3 is 2.03 bits per heavy atom. The van der Waals surface area contributed by atoms with Gasteiger partial charge in [-0.15, -0.1) is 0 Å². The lowest BCUT2D eigenvalue weighted by Crippen LogP contribution is -2.42. The molecule has 0 aliphatic carbocycles. The number of rotatable bonds is 4. The molecule has 5 nitrogen and oxygen atoms in total. The van der Waals surface area contributed by atoms with Crippen molar-refractivity contribution in [3.63, 3.8) is 0 Å². The molecule has 0 atom stereocenters. The first-order valence-corrected chi connectivity index (χ1v) is 11.9. The highest BCUT2D eigenvalue weighted by molar-refractivity contribution is 7.89. The van der Waals surface area contributed by atoms with E-state index in [2.05, 4.69) is 5.32 Å². The van der Waals surface area contributed by atoms with Crippen molar-refractivity contribution >= 4 is 21.6 Å². The number of nitrogens with one attached hydrogen (secondary N) is 1. The summed E-state index contributed by atoms with van der Waals surface area (Å²) < 4.78 is 28.4. The number of piperidine rings is 1. The van der Waals surface area contributed by atoms with Crippen molar-refractivity contribution < 1.29 is 13.2 Å². The summed E-state index contributed by atoms with van der Waals surface area (Å²) in [5, 5.41) is 3.03. The van der Waals surface area contributed by atoms with Crippen molar-refractivity contribution in [1.82, 2.24) is 4.31 Å². The number of sulfonamides is 1. The molecule has 0 saturated carbocycles. The van der Waals surface area contributed by atoms with Crippen LogP contribution in [-0.4, -0.2) is 31.7 Å². The van der Waals surface area contributed by atoms with Gasteiger partial charge in [0.25, 0.3) is 0 Å². The van der Waals surface area contributed by atoms with Crippen molar-refractivity contribution in [1.29, 1.82) is 0 Å². The van der Waals surface area contributed by atoms with E-state index < -0.39 is 10.0 Å². The van der Waals surface area contributed by atoms with Crippen molar-refractivity contribution in [2.24, 2.45) is 5.92 Å². The second-order valence-electron chi connectivity index (χ2n) is 8.58. The zero-order valence-corrected chi connectivity index (χ0v) is 19.6. The molecular weight excluding hydrogens is 396 g/mol. The van der Waals surface area contributed by atoms with E-state index in [4.69, 9.17) is 0 Å². The van der Waals surface area contributed by atoms with Gasteiger partial charge in [0.1, 0.15) is 0 Å².